The number of thiophene rings is 1. The number of hydrogen-bond donors (Lipinski definition) is 1. The Balaban J connectivity index is 2.22. The fourth-order valence-electron chi connectivity index (χ4n) is 1.57. The average Bonchev–Trinajstić information content (AvgIpc) is 2.84. The fourth-order valence-corrected chi connectivity index (χ4v) is 3.12. The molecule has 0 aliphatic rings. The molecule has 5 heteroatoms. The maximum absolute atomic E-state index is 6.08. The van der Waals surface area contributed by atoms with Crippen LogP contribution in [0.5, 0.6) is 0 Å². The molecule has 3 aromatic rings. The molecule has 2 heterocycles. The van der Waals surface area contributed by atoms with Crippen molar-refractivity contribution >= 4 is 56.6 Å². The lowest BCUT2D eigenvalue weighted by molar-refractivity contribution is 1.35. The quantitative estimate of drug-likeness (QED) is 0.634. The van der Waals surface area contributed by atoms with Crippen LogP contribution in [0, 0.1) is 2.88 Å². The number of para-hydroxylation sites is 1. The number of nitrogens with one attached hydrogen (secondary N) is 1. The van der Waals surface area contributed by atoms with E-state index in [1.54, 1.807) is 11.3 Å². The normalized spacial score (nSPS) is 11.1. The van der Waals surface area contributed by atoms with Gasteiger partial charge in [0.05, 0.1) is 13.4 Å². The Morgan fingerprint density at radius 2 is 2.25 bits per heavy atom. The molecule has 0 spiro atoms. The molecule has 0 aliphatic carbocycles. The van der Waals surface area contributed by atoms with Crippen molar-refractivity contribution in [3.8, 4) is 11.4 Å². The minimum absolute atomic E-state index is 0.685. The Morgan fingerprint density at radius 3 is 2.94 bits per heavy atom. The molecule has 80 valence electrons. The second-order valence-corrected chi connectivity index (χ2v) is 6.57. The predicted molar refractivity (Wildman–Crippen MR) is 77.1 cm³/mol. The Morgan fingerprint density at radius 1 is 1.38 bits per heavy atom. The van der Waals surface area contributed by atoms with Gasteiger partial charge in [0, 0.05) is 10.9 Å². The summed E-state index contributed by atoms with van der Waals surface area (Å²) in [6, 6.07) is 7.86. The third kappa shape index (κ3) is 1.74. The first-order valence-electron chi connectivity index (χ1n) is 4.63. The minimum Gasteiger partial charge on any atom is -0.338 e. The molecular formula is C11H6ClIN2S. The summed E-state index contributed by atoms with van der Waals surface area (Å²) >= 11 is 10.1. The summed E-state index contributed by atoms with van der Waals surface area (Å²) in [5.41, 5.74) is 2.92. The highest BCUT2D eigenvalue weighted by Crippen LogP contribution is 2.28. The molecule has 0 amide bonds. The van der Waals surface area contributed by atoms with Crippen molar-refractivity contribution in [2.45, 2.75) is 0 Å². The van der Waals surface area contributed by atoms with Crippen LogP contribution in [0.25, 0.3) is 22.4 Å². The lowest BCUT2D eigenvalue weighted by Gasteiger charge is -1.88. The molecule has 0 fully saturated rings. The van der Waals surface area contributed by atoms with Crippen molar-refractivity contribution in [1.82, 2.24) is 9.97 Å². The molecular weight excluding hydrogens is 355 g/mol. The molecule has 0 saturated carbocycles. The van der Waals surface area contributed by atoms with E-state index in [2.05, 4.69) is 44.0 Å². The van der Waals surface area contributed by atoms with Gasteiger partial charge < -0.3 is 4.98 Å². The zero-order valence-corrected chi connectivity index (χ0v) is 11.7. The van der Waals surface area contributed by atoms with E-state index < -0.39 is 0 Å². The maximum Gasteiger partial charge on any atom is 0.139 e. The summed E-state index contributed by atoms with van der Waals surface area (Å²) in [5, 5.41) is 2.78. The molecule has 2 nitrogen and oxygen atoms in total. The van der Waals surface area contributed by atoms with Crippen LogP contribution in [-0.4, -0.2) is 9.97 Å². The number of nitrogens with zero attached hydrogens (tertiary/aromatic N) is 1. The first-order chi connectivity index (χ1) is 7.74. The van der Waals surface area contributed by atoms with E-state index in [0.29, 0.717) is 5.02 Å². The highest BCUT2D eigenvalue weighted by atomic mass is 127. The van der Waals surface area contributed by atoms with Crippen LogP contribution < -0.4 is 0 Å². The van der Waals surface area contributed by atoms with Gasteiger partial charge in [0.1, 0.15) is 11.3 Å². The third-order valence-electron chi connectivity index (χ3n) is 2.30. The summed E-state index contributed by atoms with van der Waals surface area (Å²) < 4.78 is 1.25. The molecule has 1 N–H and O–H groups in total. The van der Waals surface area contributed by atoms with E-state index in [0.717, 1.165) is 22.4 Å². The molecule has 0 aliphatic heterocycles. The van der Waals surface area contributed by atoms with E-state index >= 15 is 0 Å². The van der Waals surface area contributed by atoms with Gasteiger partial charge >= 0.3 is 0 Å². The minimum atomic E-state index is 0.685. The monoisotopic (exact) mass is 360 g/mol. The lowest BCUT2D eigenvalue weighted by Crippen LogP contribution is -1.74. The summed E-state index contributed by atoms with van der Waals surface area (Å²) in [4.78, 5) is 7.79. The Kier molecular flexibility index (Phi) is 2.65. The molecule has 0 bridgehead atoms. The molecule has 16 heavy (non-hydrogen) atoms. The molecule has 0 saturated heterocycles. The zero-order valence-electron chi connectivity index (χ0n) is 8.00. The number of H-pyrrole nitrogens is 1. The van der Waals surface area contributed by atoms with Gasteiger partial charge in [-0.25, -0.2) is 4.98 Å². The van der Waals surface area contributed by atoms with Crippen molar-refractivity contribution in [1.29, 1.82) is 0 Å². The summed E-state index contributed by atoms with van der Waals surface area (Å²) in [7, 11) is 0. The lowest BCUT2D eigenvalue weighted by atomic mass is 10.3. The van der Waals surface area contributed by atoms with Gasteiger partial charge in [0.2, 0.25) is 0 Å². The van der Waals surface area contributed by atoms with Crippen molar-refractivity contribution in [2.75, 3.05) is 0 Å². The largest absolute Gasteiger partial charge is 0.338 e. The van der Waals surface area contributed by atoms with Crippen LogP contribution >= 0.6 is 45.5 Å². The van der Waals surface area contributed by atoms with E-state index in [1.165, 1.54) is 2.88 Å². The van der Waals surface area contributed by atoms with Gasteiger partial charge in [-0.15, -0.1) is 11.3 Å². The van der Waals surface area contributed by atoms with Crippen molar-refractivity contribution in [3.05, 3.63) is 37.6 Å². The van der Waals surface area contributed by atoms with Crippen LogP contribution in [0.15, 0.2) is 29.6 Å². The number of rotatable bonds is 1. The van der Waals surface area contributed by atoms with E-state index in [9.17, 15) is 0 Å². The summed E-state index contributed by atoms with van der Waals surface area (Å²) in [6.07, 6.45) is 0. The third-order valence-corrected chi connectivity index (χ3v) is 4.40. The first kappa shape index (κ1) is 10.6. The molecule has 0 atom stereocenters. The Labute approximate surface area is 115 Å². The average molecular weight is 361 g/mol. The summed E-state index contributed by atoms with van der Waals surface area (Å²) in [6.45, 7) is 0. The number of fused-ring (bicyclic) bond motifs is 1. The highest BCUT2D eigenvalue weighted by Gasteiger charge is 2.08. The fraction of sp³-hybridized carbons (Fsp3) is 0. The number of imidazole rings is 1. The van der Waals surface area contributed by atoms with Crippen LogP contribution in [0.1, 0.15) is 0 Å². The molecule has 3 rings (SSSR count). The van der Waals surface area contributed by atoms with Gasteiger partial charge in [0.15, 0.2) is 0 Å². The van der Waals surface area contributed by atoms with Gasteiger partial charge in [0.25, 0.3) is 0 Å². The van der Waals surface area contributed by atoms with Crippen molar-refractivity contribution in [3.63, 3.8) is 0 Å². The predicted octanol–water partition coefficient (Wildman–Crippen LogP) is 4.55. The van der Waals surface area contributed by atoms with Crippen molar-refractivity contribution < 1.29 is 0 Å². The van der Waals surface area contributed by atoms with Crippen LogP contribution in [-0.2, 0) is 0 Å². The van der Waals surface area contributed by atoms with E-state index in [-0.39, 0.29) is 0 Å². The maximum atomic E-state index is 6.08. The topological polar surface area (TPSA) is 28.7 Å². The van der Waals surface area contributed by atoms with E-state index in [1.807, 2.05) is 18.2 Å². The Bertz CT molecular complexity index is 659. The molecule has 0 unspecified atom stereocenters. The van der Waals surface area contributed by atoms with Crippen LogP contribution in [0.4, 0.5) is 0 Å². The second-order valence-electron chi connectivity index (χ2n) is 3.36. The number of hydrogen-bond acceptors (Lipinski definition) is 2. The van der Waals surface area contributed by atoms with Gasteiger partial charge in [-0.2, -0.15) is 0 Å². The van der Waals surface area contributed by atoms with Gasteiger partial charge in [-0.3, -0.25) is 0 Å². The second kappa shape index (κ2) is 4.01. The van der Waals surface area contributed by atoms with Gasteiger partial charge in [-0.1, -0.05) is 17.7 Å². The standard InChI is InChI=1S/C11H6ClIN2S/c12-7-2-1-3-8-10(7)15-11(14-8)6-4-9(13)16-5-6/h1-5H,(H,14,15). The SMILES string of the molecule is Clc1cccc2[nH]c(-c3csc(I)c3)nc12. The smallest absolute Gasteiger partial charge is 0.139 e. The van der Waals surface area contributed by atoms with Crippen molar-refractivity contribution in [2.24, 2.45) is 0 Å². The van der Waals surface area contributed by atoms with Gasteiger partial charge in [-0.05, 0) is 40.8 Å². The molecule has 0 radical (unpaired) electrons. The summed E-state index contributed by atoms with van der Waals surface area (Å²) in [5.74, 6) is 0.877. The number of aromatic nitrogens is 2. The zero-order chi connectivity index (χ0) is 11.1. The van der Waals surface area contributed by atoms with Crippen LogP contribution in [0.3, 0.4) is 0 Å². The molecule has 2 aromatic heterocycles. The van der Waals surface area contributed by atoms with E-state index in [4.69, 9.17) is 11.6 Å². The number of aromatic amines is 1. The number of halogens is 2. The first-order valence-corrected chi connectivity index (χ1v) is 6.96. The van der Waals surface area contributed by atoms with Crippen LogP contribution in [0.2, 0.25) is 5.02 Å². The number of benzene rings is 1. The highest BCUT2D eigenvalue weighted by molar-refractivity contribution is 14.1. The Hall–Kier alpha value is -0.590. The molecule has 1 aromatic carbocycles.